The van der Waals surface area contributed by atoms with Crippen LogP contribution in [0, 0.1) is 0 Å². The van der Waals surface area contributed by atoms with E-state index in [0.717, 1.165) is 0 Å². The highest BCUT2D eigenvalue weighted by Gasteiger charge is 2.65. The largest absolute Gasteiger partial charge is 0.444 e. The standard InChI is InChI=1S/C17H12F5NO4S/c18-16(19,20)15(17(21,22)28(23,25)26)27-14(24)13-11-7-3-1-5-9(11)10-6-2-4-8-12(10)13/h1-8,13,15H,(H2,23,25,26). The third-order valence-corrected chi connectivity index (χ3v) is 5.26. The van der Waals surface area contributed by atoms with Crippen molar-refractivity contribution in [1.29, 1.82) is 0 Å². The third-order valence-electron chi connectivity index (χ3n) is 4.29. The van der Waals surface area contributed by atoms with Crippen LogP contribution in [0.2, 0.25) is 0 Å². The first-order valence-electron chi connectivity index (χ1n) is 7.71. The van der Waals surface area contributed by atoms with E-state index in [1.165, 1.54) is 24.3 Å². The molecule has 5 nitrogen and oxygen atoms in total. The molecule has 11 heteroatoms. The van der Waals surface area contributed by atoms with Crippen LogP contribution >= 0.6 is 0 Å². The summed E-state index contributed by atoms with van der Waals surface area (Å²) in [5.74, 6) is -3.09. The van der Waals surface area contributed by atoms with Gasteiger partial charge in [0.1, 0.15) is 5.92 Å². The molecule has 0 radical (unpaired) electrons. The van der Waals surface area contributed by atoms with Gasteiger partial charge in [-0.15, -0.1) is 0 Å². The minimum absolute atomic E-state index is 0.258. The van der Waals surface area contributed by atoms with Gasteiger partial charge in [-0.05, 0) is 22.3 Å². The zero-order valence-corrected chi connectivity index (χ0v) is 14.6. The minimum Gasteiger partial charge on any atom is -0.444 e. The lowest BCUT2D eigenvalue weighted by Crippen LogP contribution is -2.54. The smallest absolute Gasteiger partial charge is 0.432 e. The summed E-state index contributed by atoms with van der Waals surface area (Å²) >= 11 is 0. The molecule has 1 aliphatic carbocycles. The fourth-order valence-corrected chi connectivity index (χ4v) is 3.55. The first kappa shape index (κ1) is 20.2. The van der Waals surface area contributed by atoms with Gasteiger partial charge in [0.25, 0.3) is 16.1 Å². The minimum atomic E-state index is -6.01. The number of hydrogen-bond donors (Lipinski definition) is 1. The molecule has 0 aromatic heterocycles. The molecular formula is C17H12F5NO4S. The number of fused-ring (bicyclic) bond motifs is 3. The molecule has 0 fully saturated rings. The van der Waals surface area contributed by atoms with Crippen LogP contribution in [-0.4, -0.2) is 31.9 Å². The number of benzene rings is 2. The van der Waals surface area contributed by atoms with E-state index in [-0.39, 0.29) is 11.1 Å². The molecule has 150 valence electrons. The zero-order valence-electron chi connectivity index (χ0n) is 13.8. The highest BCUT2D eigenvalue weighted by atomic mass is 32.2. The predicted octanol–water partition coefficient (Wildman–Crippen LogP) is 3.15. The third kappa shape index (κ3) is 3.24. The van der Waals surface area contributed by atoms with Crippen LogP contribution in [0.4, 0.5) is 22.0 Å². The first-order chi connectivity index (χ1) is 12.9. The fraction of sp³-hybridized carbons (Fsp3) is 0.235. The molecule has 0 spiro atoms. The number of esters is 1. The molecule has 0 aliphatic heterocycles. The molecule has 3 rings (SSSR count). The van der Waals surface area contributed by atoms with Gasteiger partial charge in [-0.1, -0.05) is 48.5 Å². The van der Waals surface area contributed by atoms with Crippen molar-refractivity contribution in [3.63, 3.8) is 0 Å². The van der Waals surface area contributed by atoms with Gasteiger partial charge in [0.15, 0.2) is 0 Å². The molecule has 2 aromatic rings. The van der Waals surface area contributed by atoms with Crippen molar-refractivity contribution >= 4 is 16.0 Å². The highest BCUT2D eigenvalue weighted by molar-refractivity contribution is 7.90. The van der Waals surface area contributed by atoms with Crippen LogP contribution < -0.4 is 5.14 Å². The number of ether oxygens (including phenoxy) is 1. The fourth-order valence-electron chi connectivity index (χ4n) is 3.07. The van der Waals surface area contributed by atoms with Crippen molar-refractivity contribution in [2.75, 3.05) is 0 Å². The molecule has 1 aliphatic rings. The maximum absolute atomic E-state index is 13.8. The normalized spacial score (nSPS) is 15.6. The number of hydrogen-bond acceptors (Lipinski definition) is 4. The quantitative estimate of drug-likeness (QED) is 0.607. The van der Waals surface area contributed by atoms with Crippen LogP contribution in [0.15, 0.2) is 48.5 Å². The summed E-state index contributed by atoms with van der Waals surface area (Å²) < 4.78 is 92.9. The van der Waals surface area contributed by atoms with Gasteiger partial charge in [0.2, 0.25) is 0 Å². The second kappa shape index (κ2) is 6.52. The summed E-state index contributed by atoms with van der Waals surface area (Å²) in [5.41, 5.74) is 1.57. The van der Waals surface area contributed by atoms with Crippen molar-refractivity contribution < 1.29 is 39.9 Å². The molecule has 2 aromatic carbocycles. The SMILES string of the molecule is NS(=O)(=O)C(F)(F)C(OC(=O)C1c2ccccc2-c2ccccc21)C(F)(F)F. The average Bonchev–Trinajstić information content (AvgIpc) is 2.92. The van der Waals surface area contributed by atoms with Crippen LogP contribution in [0.1, 0.15) is 17.0 Å². The number of carbonyl (C=O) groups is 1. The number of carbonyl (C=O) groups excluding carboxylic acids is 1. The molecule has 2 N–H and O–H groups in total. The Kier molecular flexibility index (Phi) is 4.71. The van der Waals surface area contributed by atoms with Crippen molar-refractivity contribution in [1.82, 2.24) is 0 Å². The second-order valence-electron chi connectivity index (χ2n) is 6.07. The van der Waals surface area contributed by atoms with E-state index < -0.39 is 39.4 Å². The van der Waals surface area contributed by atoms with E-state index in [1.807, 2.05) is 0 Å². The zero-order chi connectivity index (χ0) is 20.9. The Bertz CT molecular complexity index is 990. The van der Waals surface area contributed by atoms with E-state index in [1.54, 1.807) is 24.3 Å². The summed E-state index contributed by atoms with van der Waals surface area (Å²) in [6, 6.07) is 12.4. The molecule has 1 unspecified atom stereocenters. The molecule has 0 bridgehead atoms. The molecule has 0 heterocycles. The van der Waals surface area contributed by atoms with E-state index in [4.69, 9.17) is 0 Å². The number of halogens is 5. The molecule has 1 atom stereocenters. The summed E-state index contributed by atoms with van der Waals surface area (Å²) in [4.78, 5) is 12.5. The van der Waals surface area contributed by atoms with E-state index >= 15 is 0 Å². The van der Waals surface area contributed by atoms with Crippen molar-refractivity contribution in [2.45, 2.75) is 23.5 Å². The monoisotopic (exact) mass is 421 g/mol. The summed E-state index contributed by atoms with van der Waals surface area (Å²) in [5, 5.41) is -1.33. The maximum Gasteiger partial charge on any atom is 0.432 e. The Balaban J connectivity index is 2.04. The number of sulfonamides is 1. The Morgan fingerprint density at radius 1 is 0.929 bits per heavy atom. The molecule has 0 saturated carbocycles. The van der Waals surface area contributed by atoms with Crippen LogP contribution in [0.3, 0.4) is 0 Å². The first-order valence-corrected chi connectivity index (χ1v) is 9.26. The Morgan fingerprint density at radius 2 is 1.36 bits per heavy atom. The summed E-state index contributed by atoms with van der Waals surface area (Å²) in [6.45, 7) is 0. The maximum atomic E-state index is 13.8. The summed E-state index contributed by atoms with van der Waals surface area (Å²) in [7, 11) is -6.01. The van der Waals surface area contributed by atoms with Crippen LogP contribution in [-0.2, 0) is 19.6 Å². The average molecular weight is 421 g/mol. The van der Waals surface area contributed by atoms with E-state index in [2.05, 4.69) is 9.88 Å². The lowest BCUT2D eigenvalue weighted by molar-refractivity contribution is -0.258. The van der Waals surface area contributed by atoms with Gasteiger partial charge in [0, 0.05) is 0 Å². The Labute approximate surface area is 156 Å². The van der Waals surface area contributed by atoms with Crippen LogP contribution in [0.5, 0.6) is 0 Å². The van der Waals surface area contributed by atoms with Crippen molar-refractivity contribution in [3.8, 4) is 11.1 Å². The van der Waals surface area contributed by atoms with Gasteiger partial charge in [0.05, 0.1) is 0 Å². The van der Waals surface area contributed by atoms with Crippen molar-refractivity contribution in [3.05, 3.63) is 59.7 Å². The number of primary sulfonamides is 1. The Morgan fingerprint density at radius 3 is 1.75 bits per heavy atom. The van der Waals surface area contributed by atoms with Gasteiger partial charge < -0.3 is 4.74 Å². The number of rotatable bonds is 4. The van der Waals surface area contributed by atoms with Gasteiger partial charge in [-0.25, -0.2) is 13.6 Å². The van der Waals surface area contributed by atoms with Crippen molar-refractivity contribution in [2.24, 2.45) is 5.14 Å². The van der Waals surface area contributed by atoms with E-state index in [9.17, 15) is 35.2 Å². The van der Waals surface area contributed by atoms with Crippen LogP contribution in [0.25, 0.3) is 11.1 Å². The van der Waals surface area contributed by atoms with Gasteiger partial charge in [-0.2, -0.15) is 22.0 Å². The molecule has 0 saturated heterocycles. The molecular weight excluding hydrogens is 409 g/mol. The lowest BCUT2D eigenvalue weighted by atomic mass is 9.97. The van der Waals surface area contributed by atoms with E-state index in [0.29, 0.717) is 11.1 Å². The predicted molar refractivity (Wildman–Crippen MR) is 87.7 cm³/mol. The van der Waals surface area contributed by atoms with Gasteiger partial charge >= 0.3 is 17.4 Å². The highest BCUT2D eigenvalue weighted by Crippen LogP contribution is 2.46. The van der Waals surface area contributed by atoms with Gasteiger partial charge in [-0.3, -0.25) is 4.79 Å². The summed E-state index contributed by atoms with van der Waals surface area (Å²) in [6.07, 6.45) is -10.1. The molecule has 0 amide bonds. The Hall–Kier alpha value is -2.53. The number of alkyl halides is 5. The number of nitrogens with two attached hydrogens (primary N) is 1. The second-order valence-corrected chi connectivity index (χ2v) is 7.71. The lowest BCUT2D eigenvalue weighted by Gasteiger charge is -2.27. The molecule has 28 heavy (non-hydrogen) atoms. The topological polar surface area (TPSA) is 86.5 Å².